The van der Waals surface area contributed by atoms with E-state index in [1.807, 2.05) is 0 Å². The molecule has 1 aromatic carbocycles. The summed E-state index contributed by atoms with van der Waals surface area (Å²) in [6.07, 6.45) is 0.588. The fourth-order valence-electron chi connectivity index (χ4n) is 1.75. The Bertz CT molecular complexity index is 446. The Balaban J connectivity index is 2.88. The number of rotatable bonds is 4. The topological polar surface area (TPSA) is 56.0 Å². The highest BCUT2D eigenvalue weighted by atomic mass is 19.1. The number of hydrogen-bond acceptors (Lipinski definition) is 3. The Morgan fingerprint density at radius 1 is 1.44 bits per heavy atom. The predicted molar refractivity (Wildman–Crippen MR) is 69.7 cm³/mol. The number of nitrogens with one attached hydrogen (secondary N) is 1. The highest BCUT2D eigenvalue weighted by molar-refractivity contribution is 5.49. The number of aliphatic hydroxyl groups excluding tert-OH is 1. The first-order valence-corrected chi connectivity index (χ1v) is 5.95. The summed E-state index contributed by atoms with van der Waals surface area (Å²) in [6.45, 7) is 6.24. The van der Waals surface area contributed by atoms with Crippen molar-refractivity contribution in [2.45, 2.75) is 33.2 Å². The molecule has 0 aromatic heterocycles. The van der Waals surface area contributed by atoms with Crippen molar-refractivity contribution in [1.29, 1.82) is 5.26 Å². The molecule has 0 spiro atoms. The second-order valence-corrected chi connectivity index (χ2v) is 5.38. The molecular formula is C14H19FN2O. The van der Waals surface area contributed by atoms with Crippen LogP contribution in [-0.4, -0.2) is 17.8 Å². The van der Waals surface area contributed by atoms with Crippen molar-refractivity contribution in [3.8, 4) is 6.07 Å². The van der Waals surface area contributed by atoms with Gasteiger partial charge in [0, 0.05) is 18.3 Å². The number of hydrogen-bond donors (Lipinski definition) is 2. The van der Waals surface area contributed by atoms with E-state index in [4.69, 9.17) is 10.4 Å². The molecule has 0 bridgehead atoms. The van der Waals surface area contributed by atoms with Gasteiger partial charge in [-0.2, -0.15) is 5.26 Å². The smallest absolute Gasteiger partial charge is 0.143 e. The van der Waals surface area contributed by atoms with Crippen LogP contribution in [0.15, 0.2) is 18.2 Å². The molecule has 0 saturated carbocycles. The molecule has 0 radical (unpaired) electrons. The third-order valence-electron chi connectivity index (χ3n) is 2.89. The first kappa shape index (κ1) is 14.5. The summed E-state index contributed by atoms with van der Waals surface area (Å²) >= 11 is 0. The lowest BCUT2D eigenvalue weighted by atomic mass is 9.85. The van der Waals surface area contributed by atoms with Gasteiger partial charge < -0.3 is 10.4 Å². The van der Waals surface area contributed by atoms with E-state index >= 15 is 0 Å². The standard InChI is InChI=1S/C14H19FN2O/c1-14(2,3)13(6-7-18)17-11-5-4-10(9-16)12(15)8-11/h4-5,8,13,17-18H,6-7H2,1-3H3. The van der Waals surface area contributed by atoms with Crippen LogP contribution in [0.5, 0.6) is 0 Å². The largest absolute Gasteiger partial charge is 0.396 e. The Kier molecular flexibility index (Phi) is 4.69. The molecule has 0 aliphatic carbocycles. The molecule has 0 aliphatic heterocycles. The quantitative estimate of drug-likeness (QED) is 0.863. The lowest BCUT2D eigenvalue weighted by Gasteiger charge is -2.32. The molecule has 3 nitrogen and oxygen atoms in total. The monoisotopic (exact) mass is 250 g/mol. The average Bonchev–Trinajstić information content (AvgIpc) is 2.27. The highest BCUT2D eigenvalue weighted by Crippen LogP contribution is 2.26. The third kappa shape index (κ3) is 3.71. The Hall–Kier alpha value is -1.60. The first-order valence-electron chi connectivity index (χ1n) is 5.95. The Labute approximate surface area is 107 Å². The van der Waals surface area contributed by atoms with Crippen LogP contribution in [0.3, 0.4) is 0 Å². The van der Waals surface area contributed by atoms with Gasteiger partial charge in [-0.15, -0.1) is 0 Å². The summed E-state index contributed by atoms with van der Waals surface area (Å²) in [5.74, 6) is -0.529. The van der Waals surface area contributed by atoms with Crippen LogP contribution >= 0.6 is 0 Å². The van der Waals surface area contributed by atoms with E-state index in [0.29, 0.717) is 12.1 Å². The van der Waals surface area contributed by atoms with Gasteiger partial charge in [0.2, 0.25) is 0 Å². The second-order valence-electron chi connectivity index (χ2n) is 5.38. The summed E-state index contributed by atoms with van der Waals surface area (Å²) in [7, 11) is 0. The van der Waals surface area contributed by atoms with Crippen LogP contribution in [0, 0.1) is 22.6 Å². The van der Waals surface area contributed by atoms with Crippen LogP contribution in [-0.2, 0) is 0 Å². The van der Waals surface area contributed by atoms with E-state index < -0.39 is 5.82 Å². The zero-order chi connectivity index (χ0) is 13.8. The molecule has 0 heterocycles. The van der Waals surface area contributed by atoms with E-state index in [9.17, 15) is 4.39 Å². The maximum Gasteiger partial charge on any atom is 0.143 e. The molecule has 1 atom stereocenters. The number of nitrogens with zero attached hydrogens (tertiary/aromatic N) is 1. The average molecular weight is 250 g/mol. The lowest BCUT2D eigenvalue weighted by Crippen LogP contribution is -2.34. The molecule has 0 saturated heterocycles. The predicted octanol–water partition coefficient (Wildman–Crippen LogP) is 2.91. The minimum atomic E-state index is -0.529. The van der Waals surface area contributed by atoms with Gasteiger partial charge in [-0.25, -0.2) is 4.39 Å². The fourth-order valence-corrected chi connectivity index (χ4v) is 1.75. The van der Waals surface area contributed by atoms with Crippen LogP contribution in [0.4, 0.5) is 10.1 Å². The van der Waals surface area contributed by atoms with Gasteiger partial charge in [0.15, 0.2) is 0 Å². The maximum absolute atomic E-state index is 13.5. The molecule has 0 amide bonds. The summed E-state index contributed by atoms with van der Waals surface area (Å²) in [4.78, 5) is 0. The molecule has 1 aromatic rings. The molecule has 4 heteroatoms. The maximum atomic E-state index is 13.5. The number of anilines is 1. The first-order chi connectivity index (χ1) is 8.38. The van der Waals surface area contributed by atoms with E-state index in [1.165, 1.54) is 12.1 Å². The molecule has 0 aliphatic rings. The number of nitriles is 1. The van der Waals surface area contributed by atoms with Gasteiger partial charge in [0.05, 0.1) is 5.56 Å². The van der Waals surface area contributed by atoms with Gasteiger partial charge in [-0.1, -0.05) is 20.8 Å². The zero-order valence-corrected chi connectivity index (χ0v) is 11.0. The van der Waals surface area contributed by atoms with Crippen molar-refractivity contribution in [3.05, 3.63) is 29.6 Å². The van der Waals surface area contributed by atoms with Crippen molar-refractivity contribution in [2.24, 2.45) is 5.41 Å². The summed E-state index contributed by atoms with van der Waals surface area (Å²) in [5, 5.41) is 20.9. The van der Waals surface area contributed by atoms with E-state index in [1.54, 1.807) is 12.1 Å². The molecular weight excluding hydrogens is 231 g/mol. The normalized spacial score (nSPS) is 12.9. The van der Waals surface area contributed by atoms with Gasteiger partial charge in [0.25, 0.3) is 0 Å². The number of aliphatic hydroxyl groups is 1. The van der Waals surface area contributed by atoms with Gasteiger partial charge >= 0.3 is 0 Å². The van der Waals surface area contributed by atoms with Gasteiger partial charge in [-0.05, 0) is 30.0 Å². The molecule has 18 heavy (non-hydrogen) atoms. The van der Waals surface area contributed by atoms with Crippen molar-refractivity contribution < 1.29 is 9.50 Å². The molecule has 1 unspecified atom stereocenters. The summed E-state index contributed by atoms with van der Waals surface area (Å²) < 4.78 is 13.5. The van der Waals surface area contributed by atoms with Gasteiger partial charge in [-0.3, -0.25) is 0 Å². The highest BCUT2D eigenvalue weighted by Gasteiger charge is 2.24. The Morgan fingerprint density at radius 2 is 2.11 bits per heavy atom. The number of halogens is 1. The fraction of sp³-hybridized carbons (Fsp3) is 0.500. The van der Waals surface area contributed by atoms with Crippen LogP contribution in [0.1, 0.15) is 32.8 Å². The van der Waals surface area contributed by atoms with Crippen LogP contribution in [0.25, 0.3) is 0 Å². The van der Waals surface area contributed by atoms with Crippen molar-refractivity contribution >= 4 is 5.69 Å². The molecule has 2 N–H and O–H groups in total. The van der Waals surface area contributed by atoms with Crippen molar-refractivity contribution in [2.75, 3.05) is 11.9 Å². The molecule has 0 fully saturated rings. The number of benzene rings is 1. The Morgan fingerprint density at radius 3 is 2.56 bits per heavy atom. The van der Waals surface area contributed by atoms with E-state index in [-0.39, 0.29) is 23.6 Å². The summed E-state index contributed by atoms with van der Waals surface area (Å²) in [6, 6.07) is 6.27. The zero-order valence-electron chi connectivity index (χ0n) is 11.0. The van der Waals surface area contributed by atoms with E-state index in [0.717, 1.165) is 0 Å². The van der Waals surface area contributed by atoms with Crippen LogP contribution in [0.2, 0.25) is 0 Å². The lowest BCUT2D eigenvalue weighted by molar-refractivity contribution is 0.235. The van der Waals surface area contributed by atoms with Crippen molar-refractivity contribution in [1.82, 2.24) is 0 Å². The van der Waals surface area contributed by atoms with E-state index in [2.05, 4.69) is 26.1 Å². The van der Waals surface area contributed by atoms with Crippen LogP contribution < -0.4 is 5.32 Å². The second kappa shape index (κ2) is 5.83. The minimum Gasteiger partial charge on any atom is -0.396 e. The molecule has 1 rings (SSSR count). The van der Waals surface area contributed by atoms with Crippen molar-refractivity contribution in [3.63, 3.8) is 0 Å². The SMILES string of the molecule is CC(C)(C)C(CCO)Nc1ccc(C#N)c(F)c1. The molecule has 98 valence electrons. The minimum absolute atomic E-state index is 0.0369. The summed E-state index contributed by atoms with van der Waals surface area (Å²) in [5.41, 5.74) is 0.613. The van der Waals surface area contributed by atoms with Gasteiger partial charge in [0.1, 0.15) is 11.9 Å². The third-order valence-corrected chi connectivity index (χ3v) is 2.89.